The number of hydrogen-bond donors (Lipinski definition) is 3. The molecule has 0 saturated heterocycles. The number of amides is 3. The highest BCUT2D eigenvalue weighted by molar-refractivity contribution is 5.95. The monoisotopic (exact) mass is 1020 g/mol. The molecule has 0 aliphatic carbocycles. The molecular weight excluding hydrogens is 941 g/mol. The number of rotatable bonds is 26. The molecule has 0 spiro atoms. The molecule has 1 unspecified atom stereocenters. The van der Waals surface area contributed by atoms with Gasteiger partial charge in [0.2, 0.25) is 17.7 Å². The average Bonchev–Trinajstić information content (AvgIpc) is 3.36. The van der Waals surface area contributed by atoms with Gasteiger partial charge in [0, 0.05) is 48.4 Å². The topological polar surface area (TPSA) is 162 Å². The van der Waals surface area contributed by atoms with Crippen LogP contribution in [0.1, 0.15) is 152 Å². The Bertz CT molecular complexity index is 2720. The first kappa shape index (κ1) is 59.0. The number of anilines is 1. The van der Waals surface area contributed by atoms with Gasteiger partial charge in [-0.05, 0) is 103 Å². The molecule has 400 valence electrons. The summed E-state index contributed by atoms with van der Waals surface area (Å²) >= 11 is 0. The normalized spacial score (nSPS) is 13.7. The van der Waals surface area contributed by atoms with Crippen LogP contribution in [0.15, 0.2) is 109 Å². The molecule has 1 heterocycles. The summed E-state index contributed by atoms with van der Waals surface area (Å²) < 4.78 is 5.69. The summed E-state index contributed by atoms with van der Waals surface area (Å²) in [5, 5.41) is 15.7. The van der Waals surface area contributed by atoms with Crippen LogP contribution in [0.2, 0.25) is 0 Å². The molecule has 5 rings (SSSR count). The van der Waals surface area contributed by atoms with Crippen LogP contribution in [0, 0.1) is 23.2 Å². The van der Waals surface area contributed by atoms with Gasteiger partial charge in [-0.15, -0.1) is 0 Å². The number of carbonyl (C=O) groups excluding carboxylic acids is 5. The first-order chi connectivity index (χ1) is 35.6. The molecule has 0 radical (unpaired) electrons. The quantitative estimate of drug-likeness (QED) is 0.0241. The van der Waals surface area contributed by atoms with Crippen molar-refractivity contribution in [1.29, 1.82) is 0 Å². The van der Waals surface area contributed by atoms with Crippen molar-refractivity contribution in [2.45, 2.75) is 163 Å². The standard InChI is InChI=1S/C63H80N4O8/c1-43(2)54(38-44(3)61(73)74)66(10)60(72)58(62(4,5)6)65-59(71)57(64-9)63(7,8)51-27-21-23-47(39-51)40-56(70)75-42-46-34-32-45(33-35-46)22-13-11-12-14-28-52(68)29-18-20-31-55(69)67-41-50-26-16-15-24-48(50)36-37-49-25-17-19-30-53(49)67/h15-17,19,21,23-27,30,32-35,38-39,43,54,57-58,64H,11-14,18,20,22,28-29,31,40-42H2,1-10H3,(H,65,71)(H,73,74)/b44-38+/t54-,57?,58-/m1/s1. The number of carboxylic acids is 1. The molecule has 0 bridgehead atoms. The maximum absolute atomic E-state index is 14.2. The zero-order valence-electron chi connectivity index (χ0n) is 46.0. The van der Waals surface area contributed by atoms with Gasteiger partial charge in [-0.3, -0.25) is 24.0 Å². The second-order valence-electron chi connectivity index (χ2n) is 22.0. The minimum absolute atomic E-state index is 0.0451. The lowest BCUT2D eigenvalue weighted by Gasteiger charge is -2.40. The summed E-state index contributed by atoms with van der Waals surface area (Å²) in [5.41, 5.74) is 5.97. The van der Waals surface area contributed by atoms with Crippen LogP contribution < -0.4 is 15.5 Å². The molecule has 12 nitrogen and oxygen atoms in total. The third-order valence-electron chi connectivity index (χ3n) is 14.3. The first-order valence-corrected chi connectivity index (χ1v) is 26.6. The smallest absolute Gasteiger partial charge is 0.331 e. The van der Waals surface area contributed by atoms with Crippen LogP contribution in [-0.2, 0) is 64.9 Å². The Labute approximate surface area is 446 Å². The highest BCUT2D eigenvalue weighted by atomic mass is 16.5. The molecule has 0 aromatic heterocycles. The van der Waals surface area contributed by atoms with Gasteiger partial charge in [0.1, 0.15) is 18.4 Å². The molecule has 12 heteroatoms. The number of carboxylic acid groups (broad SMARTS) is 1. The van der Waals surface area contributed by atoms with Gasteiger partial charge in [-0.2, -0.15) is 0 Å². The summed E-state index contributed by atoms with van der Waals surface area (Å²) in [5.74, 6) is 4.60. The van der Waals surface area contributed by atoms with Crippen molar-refractivity contribution in [3.63, 3.8) is 0 Å². The number of benzene rings is 4. The number of nitrogens with zero attached hydrogens (tertiary/aromatic N) is 2. The highest BCUT2D eigenvalue weighted by Gasteiger charge is 2.42. The van der Waals surface area contributed by atoms with Gasteiger partial charge in [-0.1, -0.05) is 158 Å². The van der Waals surface area contributed by atoms with Crippen molar-refractivity contribution in [3.05, 3.63) is 148 Å². The number of ketones is 1. The van der Waals surface area contributed by atoms with E-state index in [9.17, 15) is 33.9 Å². The largest absolute Gasteiger partial charge is 0.478 e. The number of carbonyl (C=O) groups is 6. The Morgan fingerprint density at radius 2 is 1.36 bits per heavy atom. The molecular formula is C63H80N4O8. The molecule has 0 fully saturated rings. The van der Waals surface area contributed by atoms with E-state index in [2.05, 4.69) is 34.6 Å². The molecule has 3 N–H and O–H groups in total. The van der Waals surface area contributed by atoms with E-state index in [4.69, 9.17) is 4.74 Å². The number of unbranched alkanes of at least 4 members (excludes halogenated alkanes) is 4. The number of ether oxygens (including phenoxy) is 1. The number of aryl methyl sites for hydroxylation is 1. The maximum atomic E-state index is 14.2. The van der Waals surface area contributed by atoms with Crippen LogP contribution in [0.25, 0.3) is 0 Å². The van der Waals surface area contributed by atoms with Gasteiger partial charge < -0.3 is 30.3 Å². The third kappa shape index (κ3) is 17.1. The fourth-order valence-electron chi connectivity index (χ4n) is 9.63. The number of aliphatic carboxylic acids is 1. The van der Waals surface area contributed by atoms with E-state index < -0.39 is 34.9 Å². The van der Waals surface area contributed by atoms with Crippen LogP contribution in [0.4, 0.5) is 5.69 Å². The number of esters is 1. The van der Waals surface area contributed by atoms with E-state index >= 15 is 0 Å². The van der Waals surface area contributed by atoms with Crippen LogP contribution in [0.3, 0.4) is 0 Å². The Hall–Kier alpha value is -6.84. The molecule has 75 heavy (non-hydrogen) atoms. The zero-order chi connectivity index (χ0) is 54.9. The van der Waals surface area contributed by atoms with Gasteiger partial charge in [0.05, 0.1) is 30.7 Å². The SMILES string of the molecule is CNC(C(=O)N[C@H](C(=O)N(C)[C@H](/C=C(\C)C(=O)O)C(C)C)C(C)(C)C)C(C)(C)c1cccc(CC(=O)OCc2ccc(CCCCCCC(=O)CCCCC(=O)N3Cc4ccccc4C#Cc4ccccc43)cc2)c1. The summed E-state index contributed by atoms with van der Waals surface area (Å²) in [6.07, 6.45) is 9.24. The maximum Gasteiger partial charge on any atom is 0.331 e. The summed E-state index contributed by atoms with van der Waals surface area (Å²) in [6, 6.07) is 29.2. The van der Waals surface area contributed by atoms with E-state index in [1.54, 1.807) is 20.2 Å². The number of fused-ring (bicyclic) bond motifs is 2. The first-order valence-electron chi connectivity index (χ1n) is 26.6. The number of nitrogens with one attached hydrogen (secondary N) is 2. The predicted octanol–water partition coefficient (Wildman–Crippen LogP) is 10.5. The van der Waals surface area contributed by atoms with Crippen LogP contribution >= 0.6 is 0 Å². The predicted molar refractivity (Wildman–Crippen MR) is 297 cm³/mol. The Morgan fingerprint density at radius 1 is 0.747 bits per heavy atom. The summed E-state index contributed by atoms with van der Waals surface area (Å²) in [4.78, 5) is 82.6. The number of hydrogen-bond acceptors (Lipinski definition) is 8. The Kier molecular flexibility index (Phi) is 21.7. The molecule has 4 aromatic rings. The second kappa shape index (κ2) is 27.6. The lowest BCUT2D eigenvalue weighted by molar-refractivity contribution is -0.144. The van der Waals surface area contributed by atoms with E-state index in [-0.39, 0.29) is 54.0 Å². The van der Waals surface area contributed by atoms with Crippen molar-refractivity contribution < 1.29 is 38.6 Å². The number of Topliss-reactive ketones (excluding diaryl/α,β-unsaturated/α-hetero) is 1. The van der Waals surface area contributed by atoms with Crippen molar-refractivity contribution >= 4 is 41.1 Å². The molecule has 1 aliphatic heterocycles. The highest BCUT2D eigenvalue weighted by Crippen LogP contribution is 2.31. The molecule has 4 aromatic carbocycles. The summed E-state index contributed by atoms with van der Waals surface area (Å²) in [7, 11) is 3.34. The third-order valence-corrected chi connectivity index (χ3v) is 14.3. The number of likely N-dealkylation sites (N-methyl/N-ethyl adjacent to an activating group) is 2. The van der Waals surface area contributed by atoms with Gasteiger partial charge >= 0.3 is 11.9 Å². The van der Waals surface area contributed by atoms with E-state index in [0.29, 0.717) is 38.6 Å². The van der Waals surface area contributed by atoms with E-state index in [0.717, 1.165) is 71.2 Å². The van der Waals surface area contributed by atoms with E-state index in [1.165, 1.54) is 17.4 Å². The average molecular weight is 1020 g/mol. The van der Waals surface area contributed by atoms with Gasteiger partial charge in [0.25, 0.3) is 0 Å². The van der Waals surface area contributed by atoms with Crippen LogP contribution in [0.5, 0.6) is 0 Å². The molecule has 1 aliphatic rings. The fourth-order valence-corrected chi connectivity index (χ4v) is 9.63. The van der Waals surface area contributed by atoms with Crippen molar-refractivity contribution in [3.8, 4) is 11.8 Å². The number of para-hydroxylation sites is 1. The molecule has 0 saturated carbocycles. The summed E-state index contributed by atoms with van der Waals surface area (Å²) in [6.45, 7) is 15.5. The van der Waals surface area contributed by atoms with Crippen molar-refractivity contribution in [1.82, 2.24) is 15.5 Å². The van der Waals surface area contributed by atoms with Crippen molar-refractivity contribution in [2.75, 3.05) is 19.0 Å². The Balaban J connectivity index is 1.01. The molecule has 3 amide bonds. The van der Waals surface area contributed by atoms with Gasteiger partial charge in [0.15, 0.2) is 0 Å². The van der Waals surface area contributed by atoms with Crippen molar-refractivity contribution in [2.24, 2.45) is 11.3 Å². The van der Waals surface area contributed by atoms with Crippen LogP contribution in [-0.4, -0.2) is 77.7 Å². The second-order valence-corrected chi connectivity index (χ2v) is 22.0. The van der Waals surface area contributed by atoms with E-state index in [1.807, 2.05) is 138 Å². The lowest BCUT2D eigenvalue weighted by atomic mass is 9.76. The van der Waals surface area contributed by atoms with Gasteiger partial charge in [-0.25, -0.2) is 4.79 Å². The lowest BCUT2D eigenvalue weighted by Crippen LogP contribution is -2.61. The molecule has 3 atom stereocenters. The minimum Gasteiger partial charge on any atom is -0.478 e. The zero-order valence-corrected chi connectivity index (χ0v) is 46.0. The fraction of sp³-hybridized carbons (Fsp3) is 0.460. The Morgan fingerprint density at radius 3 is 2.03 bits per heavy atom. The minimum atomic E-state index is -1.06.